The van der Waals surface area contributed by atoms with Gasteiger partial charge in [0.05, 0.1) is 10.7 Å². The highest BCUT2D eigenvalue weighted by atomic mass is 35.5. The second-order valence-electron chi connectivity index (χ2n) is 4.06. The number of hydrogen-bond donors (Lipinski definition) is 1. The molecule has 2 rings (SSSR count). The van der Waals surface area contributed by atoms with Crippen molar-refractivity contribution in [3.8, 4) is 0 Å². The minimum absolute atomic E-state index is 0.674. The van der Waals surface area contributed by atoms with Crippen molar-refractivity contribution in [1.82, 2.24) is 19.7 Å². The summed E-state index contributed by atoms with van der Waals surface area (Å²) < 4.78 is 1.87. The van der Waals surface area contributed by atoms with E-state index in [1.165, 1.54) is 0 Å². The quantitative estimate of drug-likeness (QED) is 0.831. The number of anilines is 1. The van der Waals surface area contributed by atoms with E-state index in [9.17, 15) is 0 Å². The van der Waals surface area contributed by atoms with Crippen LogP contribution in [-0.4, -0.2) is 26.3 Å². The number of nitrogens with zero attached hydrogens (tertiary/aromatic N) is 4. The highest BCUT2D eigenvalue weighted by Gasteiger charge is 2.07. The first-order valence-corrected chi connectivity index (χ1v) is 7.43. The number of thioether (sulfide) groups is 1. The Bertz CT molecular complexity index is 543. The number of hydrogen-bond acceptors (Lipinski definition) is 5. The number of halogens is 1. The molecule has 0 radical (unpaired) electrons. The van der Waals surface area contributed by atoms with Gasteiger partial charge in [-0.3, -0.25) is 0 Å². The third kappa shape index (κ3) is 3.84. The van der Waals surface area contributed by atoms with Crippen LogP contribution in [0.2, 0.25) is 5.02 Å². The zero-order valence-electron chi connectivity index (χ0n) is 10.9. The van der Waals surface area contributed by atoms with E-state index in [-0.39, 0.29) is 0 Å². The molecule has 0 unspecified atom stereocenters. The van der Waals surface area contributed by atoms with Crippen LogP contribution < -0.4 is 5.32 Å². The van der Waals surface area contributed by atoms with Crippen LogP contribution in [0, 0.1) is 0 Å². The molecule has 0 saturated carbocycles. The highest BCUT2D eigenvalue weighted by molar-refractivity contribution is 7.98. The van der Waals surface area contributed by atoms with Crippen LogP contribution in [-0.2, 0) is 12.8 Å². The summed E-state index contributed by atoms with van der Waals surface area (Å²) in [4.78, 5) is 4.52. The summed E-state index contributed by atoms with van der Waals surface area (Å²) in [5.41, 5.74) is 0.857. The van der Waals surface area contributed by atoms with Gasteiger partial charge >= 0.3 is 0 Å². The van der Waals surface area contributed by atoms with E-state index in [4.69, 9.17) is 11.6 Å². The van der Waals surface area contributed by atoms with E-state index in [0.717, 1.165) is 29.6 Å². The molecule has 0 aliphatic heterocycles. The molecule has 7 heteroatoms. The Morgan fingerprint density at radius 1 is 1.42 bits per heavy atom. The van der Waals surface area contributed by atoms with Crippen molar-refractivity contribution in [3.05, 3.63) is 29.2 Å². The monoisotopic (exact) mass is 297 g/mol. The van der Waals surface area contributed by atoms with Gasteiger partial charge in [0.25, 0.3) is 0 Å². The van der Waals surface area contributed by atoms with Crippen LogP contribution in [0.1, 0.15) is 19.0 Å². The number of nitrogens with one attached hydrogen (secondary N) is 1. The molecule has 0 bridgehead atoms. The van der Waals surface area contributed by atoms with Crippen LogP contribution in [0.3, 0.4) is 0 Å². The maximum atomic E-state index is 6.16. The molecular formula is C12H16ClN5S. The normalized spacial score (nSPS) is 10.7. The van der Waals surface area contributed by atoms with Crippen molar-refractivity contribution in [3.63, 3.8) is 0 Å². The standard InChI is InChI=1S/C12H16ClN5S/c1-3-6-14-11-5-4-9(13)10(16-11)7-19-12-17-15-8-18(12)2/h4-5,8H,3,6-7H2,1-2H3,(H,14,16). The second kappa shape index (κ2) is 6.77. The Labute approximate surface area is 121 Å². The lowest BCUT2D eigenvalue weighted by Crippen LogP contribution is -2.03. The molecule has 0 aromatic carbocycles. The third-order valence-electron chi connectivity index (χ3n) is 2.48. The lowest BCUT2D eigenvalue weighted by molar-refractivity contribution is 0.788. The molecule has 0 spiro atoms. The molecule has 102 valence electrons. The minimum Gasteiger partial charge on any atom is -0.370 e. The van der Waals surface area contributed by atoms with E-state index < -0.39 is 0 Å². The van der Waals surface area contributed by atoms with Gasteiger partial charge in [0.2, 0.25) is 0 Å². The van der Waals surface area contributed by atoms with Gasteiger partial charge in [-0.25, -0.2) is 4.98 Å². The van der Waals surface area contributed by atoms with E-state index >= 15 is 0 Å². The molecule has 0 amide bonds. The molecular weight excluding hydrogens is 282 g/mol. The summed E-state index contributed by atoms with van der Waals surface area (Å²) in [6.07, 6.45) is 2.74. The first kappa shape index (κ1) is 14.1. The highest BCUT2D eigenvalue weighted by Crippen LogP contribution is 2.24. The first-order valence-electron chi connectivity index (χ1n) is 6.06. The Morgan fingerprint density at radius 3 is 2.95 bits per heavy atom. The Hall–Kier alpha value is -1.27. The Kier molecular flexibility index (Phi) is 5.04. The summed E-state index contributed by atoms with van der Waals surface area (Å²) in [6, 6.07) is 3.77. The molecule has 0 fully saturated rings. The lowest BCUT2D eigenvalue weighted by Gasteiger charge is -2.08. The molecule has 2 aromatic rings. The minimum atomic E-state index is 0.674. The number of aromatic nitrogens is 4. The molecule has 19 heavy (non-hydrogen) atoms. The van der Waals surface area contributed by atoms with Crippen molar-refractivity contribution in [2.75, 3.05) is 11.9 Å². The average Bonchev–Trinajstić information content (AvgIpc) is 2.82. The fraction of sp³-hybridized carbons (Fsp3) is 0.417. The van der Waals surface area contributed by atoms with Gasteiger partial charge in [-0.2, -0.15) is 0 Å². The summed E-state index contributed by atoms with van der Waals surface area (Å²) in [5, 5.41) is 12.6. The first-order chi connectivity index (χ1) is 9.20. The van der Waals surface area contributed by atoms with Crippen molar-refractivity contribution in [1.29, 1.82) is 0 Å². The van der Waals surface area contributed by atoms with E-state index in [0.29, 0.717) is 10.8 Å². The van der Waals surface area contributed by atoms with Crippen LogP contribution >= 0.6 is 23.4 Å². The summed E-state index contributed by atoms with van der Waals surface area (Å²) >= 11 is 7.73. The third-order valence-corrected chi connectivity index (χ3v) is 3.87. The molecule has 0 aliphatic rings. The topological polar surface area (TPSA) is 55.6 Å². The van der Waals surface area contributed by atoms with E-state index in [1.807, 2.05) is 23.7 Å². The molecule has 0 aliphatic carbocycles. The zero-order valence-corrected chi connectivity index (χ0v) is 12.5. The fourth-order valence-corrected chi connectivity index (χ4v) is 2.57. The predicted octanol–water partition coefficient (Wildman–Crippen LogP) is 2.98. The summed E-state index contributed by atoms with van der Waals surface area (Å²) in [7, 11) is 1.91. The number of aryl methyl sites for hydroxylation is 1. The van der Waals surface area contributed by atoms with Gasteiger partial charge in [-0.05, 0) is 18.6 Å². The molecule has 2 aromatic heterocycles. The fourth-order valence-electron chi connectivity index (χ4n) is 1.47. The summed E-state index contributed by atoms with van der Waals surface area (Å²) in [6.45, 7) is 3.03. The Balaban J connectivity index is 2.04. The van der Waals surface area contributed by atoms with Crippen LogP contribution in [0.5, 0.6) is 0 Å². The summed E-state index contributed by atoms with van der Waals surface area (Å²) in [5.74, 6) is 1.53. The van der Waals surface area contributed by atoms with E-state index in [2.05, 4.69) is 27.4 Å². The lowest BCUT2D eigenvalue weighted by atomic mass is 10.3. The van der Waals surface area contributed by atoms with Crippen LogP contribution in [0.4, 0.5) is 5.82 Å². The SMILES string of the molecule is CCCNc1ccc(Cl)c(CSc2nncn2C)n1. The van der Waals surface area contributed by atoms with Gasteiger partial charge in [0, 0.05) is 19.3 Å². The van der Waals surface area contributed by atoms with E-state index in [1.54, 1.807) is 18.1 Å². The van der Waals surface area contributed by atoms with Gasteiger partial charge in [0.1, 0.15) is 12.1 Å². The molecule has 1 N–H and O–H groups in total. The molecule has 2 heterocycles. The zero-order chi connectivity index (χ0) is 13.7. The van der Waals surface area contributed by atoms with Crippen molar-refractivity contribution in [2.24, 2.45) is 7.05 Å². The van der Waals surface area contributed by atoms with Gasteiger partial charge in [-0.1, -0.05) is 30.3 Å². The maximum Gasteiger partial charge on any atom is 0.191 e. The molecule has 0 saturated heterocycles. The smallest absolute Gasteiger partial charge is 0.191 e. The van der Waals surface area contributed by atoms with Crippen molar-refractivity contribution >= 4 is 29.2 Å². The van der Waals surface area contributed by atoms with Gasteiger partial charge in [-0.15, -0.1) is 10.2 Å². The largest absolute Gasteiger partial charge is 0.370 e. The number of rotatable bonds is 6. The van der Waals surface area contributed by atoms with Crippen molar-refractivity contribution < 1.29 is 0 Å². The van der Waals surface area contributed by atoms with Gasteiger partial charge < -0.3 is 9.88 Å². The van der Waals surface area contributed by atoms with Crippen molar-refractivity contribution in [2.45, 2.75) is 24.3 Å². The maximum absolute atomic E-state index is 6.16. The predicted molar refractivity (Wildman–Crippen MR) is 78.6 cm³/mol. The Morgan fingerprint density at radius 2 is 2.26 bits per heavy atom. The number of pyridine rings is 1. The van der Waals surface area contributed by atoms with Gasteiger partial charge in [0.15, 0.2) is 5.16 Å². The molecule has 0 atom stereocenters. The van der Waals surface area contributed by atoms with Crippen LogP contribution in [0.15, 0.2) is 23.6 Å². The second-order valence-corrected chi connectivity index (χ2v) is 5.41. The van der Waals surface area contributed by atoms with Crippen LogP contribution in [0.25, 0.3) is 0 Å². The average molecular weight is 298 g/mol. The molecule has 5 nitrogen and oxygen atoms in total.